The Balaban J connectivity index is 1.26. The van der Waals surface area contributed by atoms with Crippen molar-refractivity contribution in [1.29, 1.82) is 0 Å². The first-order valence-corrected chi connectivity index (χ1v) is 12.4. The van der Waals surface area contributed by atoms with Gasteiger partial charge in [0.15, 0.2) is 0 Å². The maximum Gasteiger partial charge on any atom is 0.416 e. The molecule has 0 bridgehead atoms. The largest absolute Gasteiger partial charge is 0.416 e. The Labute approximate surface area is 212 Å². The fourth-order valence-electron chi connectivity index (χ4n) is 5.64. The third-order valence-electron chi connectivity index (χ3n) is 7.84. The maximum atomic E-state index is 13.1. The lowest BCUT2D eigenvalue weighted by atomic mass is 9.82. The molecule has 0 saturated carbocycles. The van der Waals surface area contributed by atoms with Crippen LogP contribution in [0, 0.1) is 0 Å². The van der Waals surface area contributed by atoms with E-state index in [9.17, 15) is 32.7 Å². The topological polar surface area (TPSA) is 89.9 Å². The molecular formula is C27H28F3N3O4. The van der Waals surface area contributed by atoms with Crippen LogP contribution in [0.15, 0.2) is 42.5 Å². The number of rotatable bonds is 4. The van der Waals surface area contributed by atoms with Gasteiger partial charge in [-0.05, 0) is 61.1 Å². The molecule has 2 N–H and O–H groups in total. The summed E-state index contributed by atoms with van der Waals surface area (Å²) in [5.41, 5.74) is 0.931. The summed E-state index contributed by atoms with van der Waals surface area (Å²) in [6.45, 7) is 3.45. The number of amides is 3. The minimum Gasteiger partial charge on any atom is -0.385 e. The highest BCUT2D eigenvalue weighted by Crippen LogP contribution is 2.41. The van der Waals surface area contributed by atoms with Gasteiger partial charge in [0.05, 0.1) is 17.2 Å². The van der Waals surface area contributed by atoms with E-state index in [1.54, 1.807) is 12.1 Å². The van der Waals surface area contributed by atoms with Crippen LogP contribution in [0.2, 0.25) is 0 Å². The number of hydrogen-bond acceptors (Lipinski definition) is 5. The van der Waals surface area contributed by atoms with E-state index in [-0.39, 0.29) is 30.7 Å². The first kappa shape index (κ1) is 25.4. The van der Waals surface area contributed by atoms with Crippen molar-refractivity contribution in [2.24, 2.45) is 0 Å². The quantitative estimate of drug-likeness (QED) is 0.609. The van der Waals surface area contributed by atoms with Gasteiger partial charge in [-0.3, -0.25) is 24.6 Å². The molecule has 0 radical (unpaired) electrons. The minimum absolute atomic E-state index is 0.178. The number of alkyl halides is 3. The molecular weight excluding hydrogens is 487 g/mol. The van der Waals surface area contributed by atoms with Gasteiger partial charge in [0.1, 0.15) is 6.04 Å². The highest BCUT2D eigenvalue weighted by Gasteiger charge is 2.44. The highest BCUT2D eigenvalue weighted by atomic mass is 19.4. The van der Waals surface area contributed by atoms with Crippen LogP contribution in [-0.2, 0) is 27.9 Å². The Morgan fingerprint density at radius 2 is 1.73 bits per heavy atom. The van der Waals surface area contributed by atoms with Crippen LogP contribution in [0.25, 0.3) is 0 Å². The van der Waals surface area contributed by atoms with Gasteiger partial charge < -0.3 is 10.0 Å². The molecule has 3 amide bonds. The Morgan fingerprint density at radius 3 is 2.35 bits per heavy atom. The molecule has 37 heavy (non-hydrogen) atoms. The molecule has 7 nitrogen and oxygen atoms in total. The molecule has 2 aromatic carbocycles. The van der Waals surface area contributed by atoms with E-state index < -0.39 is 29.3 Å². The third-order valence-corrected chi connectivity index (χ3v) is 7.84. The zero-order chi connectivity index (χ0) is 26.5. The lowest BCUT2D eigenvalue weighted by Gasteiger charge is -2.39. The van der Waals surface area contributed by atoms with Crippen LogP contribution in [-0.4, -0.2) is 51.8 Å². The predicted molar refractivity (Wildman–Crippen MR) is 127 cm³/mol. The normalized spacial score (nSPS) is 24.2. The molecule has 0 aliphatic carbocycles. The molecule has 3 aliphatic rings. The summed E-state index contributed by atoms with van der Waals surface area (Å²) in [7, 11) is 0. The van der Waals surface area contributed by atoms with Gasteiger partial charge in [-0.15, -0.1) is 0 Å². The Morgan fingerprint density at radius 1 is 1.05 bits per heavy atom. The second kappa shape index (κ2) is 9.25. The van der Waals surface area contributed by atoms with Crippen LogP contribution in [0.5, 0.6) is 0 Å². The van der Waals surface area contributed by atoms with Gasteiger partial charge in [-0.2, -0.15) is 13.2 Å². The molecule has 0 aromatic heterocycles. The van der Waals surface area contributed by atoms with Crippen molar-refractivity contribution < 1.29 is 32.7 Å². The van der Waals surface area contributed by atoms with Crippen molar-refractivity contribution in [1.82, 2.24) is 15.1 Å². The number of benzene rings is 2. The zero-order valence-corrected chi connectivity index (χ0v) is 20.3. The Bertz CT molecular complexity index is 1240. The van der Waals surface area contributed by atoms with E-state index in [0.29, 0.717) is 43.6 Å². The number of carbonyl (C=O) groups excluding carboxylic acids is 3. The number of likely N-dealkylation sites (tertiary alicyclic amines) is 1. The van der Waals surface area contributed by atoms with E-state index in [1.165, 1.54) is 17.0 Å². The number of imide groups is 1. The van der Waals surface area contributed by atoms with Gasteiger partial charge in [0.25, 0.3) is 5.91 Å². The van der Waals surface area contributed by atoms with Crippen molar-refractivity contribution >= 4 is 17.7 Å². The van der Waals surface area contributed by atoms with Gasteiger partial charge in [0.2, 0.25) is 11.8 Å². The molecule has 5 rings (SSSR count). The molecule has 3 heterocycles. The number of hydrogen-bond donors (Lipinski definition) is 2. The molecule has 2 fully saturated rings. The van der Waals surface area contributed by atoms with Crippen LogP contribution in [0.4, 0.5) is 13.2 Å². The van der Waals surface area contributed by atoms with E-state index in [1.807, 2.05) is 13.0 Å². The van der Waals surface area contributed by atoms with Crippen LogP contribution < -0.4 is 5.32 Å². The van der Waals surface area contributed by atoms with Crippen molar-refractivity contribution in [2.75, 3.05) is 13.1 Å². The molecule has 196 valence electrons. The second-order valence-electron chi connectivity index (χ2n) is 10.2. The summed E-state index contributed by atoms with van der Waals surface area (Å²) < 4.78 is 38.4. The van der Waals surface area contributed by atoms with E-state index in [0.717, 1.165) is 23.3 Å². The fourth-order valence-corrected chi connectivity index (χ4v) is 5.64. The zero-order valence-electron chi connectivity index (χ0n) is 20.3. The first-order valence-electron chi connectivity index (χ1n) is 12.4. The SMILES string of the molecule is CC1c2cc(C3(O)CCN(Cc4ccc(C(F)(F)F)cc4)CC3)ccc2C(=O)N1C1CCC(=O)NC1=O. The summed E-state index contributed by atoms with van der Waals surface area (Å²) >= 11 is 0. The van der Waals surface area contributed by atoms with Crippen LogP contribution in [0.3, 0.4) is 0 Å². The number of fused-ring (bicyclic) bond motifs is 1. The molecule has 0 spiro atoms. The van der Waals surface area contributed by atoms with Crippen LogP contribution in [0.1, 0.15) is 71.3 Å². The van der Waals surface area contributed by atoms with Crippen molar-refractivity contribution in [3.05, 3.63) is 70.3 Å². The van der Waals surface area contributed by atoms with E-state index >= 15 is 0 Å². The van der Waals surface area contributed by atoms with E-state index in [2.05, 4.69) is 10.2 Å². The third kappa shape index (κ3) is 4.75. The minimum atomic E-state index is -4.36. The number of nitrogens with one attached hydrogen (secondary N) is 1. The molecule has 3 aliphatic heterocycles. The fraction of sp³-hybridized carbons (Fsp3) is 0.444. The summed E-state index contributed by atoms with van der Waals surface area (Å²) in [5.74, 6) is -1.07. The number of aliphatic hydroxyl groups is 1. The van der Waals surface area contributed by atoms with Gasteiger partial charge in [-0.25, -0.2) is 0 Å². The summed E-state index contributed by atoms with van der Waals surface area (Å²) in [6.07, 6.45) is -3.04. The number of halogens is 3. The Kier molecular flexibility index (Phi) is 6.35. The van der Waals surface area contributed by atoms with Gasteiger partial charge in [0, 0.05) is 31.6 Å². The Hall–Kier alpha value is -3.24. The van der Waals surface area contributed by atoms with Gasteiger partial charge >= 0.3 is 6.18 Å². The molecule has 2 atom stereocenters. The number of nitrogens with zero attached hydrogens (tertiary/aromatic N) is 2. The monoisotopic (exact) mass is 515 g/mol. The lowest BCUT2D eigenvalue weighted by molar-refractivity contribution is -0.138. The number of carbonyl (C=O) groups is 3. The molecule has 2 unspecified atom stereocenters. The standard InChI is InChI=1S/C27H28F3N3O4/c1-16-21-14-19(6-7-20(21)25(36)33(16)22-8-9-23(34)31-24(22)35)26(37)10-12-32(13-11-26)15-17-2-4-18(5-3-17)27(28,29)30/h2-7,14,16,22,37H,8-13,15H2,1H3,(H,31,34,35). The van der Waals surface area contributed by atoms with Crippen molar-refractivity contribution in [3.63, 3.8) is 0 Å². The molecule has 2 aromatic rings. The van der Waals surface area contributed by atoms with E-state index in [4.69, 9.17) is 0 Å². The van der Waals surface area contributed by atoms with Crippen molar-refractivity contribution in [2.45, 2.75) is 63.0 Å². The molecule has 10 heteroatoms. The maximum absolute atomic E-state index is 13.1. The van der Waals surface area contributed by atoms with Crippen molar-refractivity contribution in [3.8, 4) is 0 Å². The van der Waals surface area contributed by atoms with Crippen LogP contribution >= 0.6 is 0 Å². The number of piperidine rings is 2. The second-order valence-corrected chi connectivity index (χ2v) is 10.2. The lowest BCUT2D eigenvalue weighted by Crippen LogP contribution is -2.53. The average Bonchev–Trinajstić information content (AvgIpc) is 3.10. The summed E-state index contributed by atoms with van der Waals surface area (Å²) in [4.78, 5) is 40.7. The summed E-state index contributed by atoms with van der Waals surface area (Å²) in [6, 6.07) is 9.33. The average molecular weight is 516 g/mol. The highest BCUT2D eigenvalue weighted by molar-refractivity contribution is 6.05. The summed E-state index contributed by atoms with van der Waals surface area (Å²) in [5, 5.41) is 13.8. The molecule has 2 saturated heterocycles. The van der Waals surface area contributed by atoms with Gasteiger partial charge in [-0.1, -0.05) is 24.3 Å². The predicted octanol–water partition coefficient (Wildman–Crippen LogP) is 3.51. The first-order chi connectivity index (χ1) is 17.5. The smallest absolute Gasteiger partial charge is 0.385 e.